The number of amides is 1. The SMILES string of the molecule is COc1cc2ncnc(Nc3cc(C)c(Oc4cc5ncnn5cn4)cc3OC)c2cc1NC(=O)/C(F)=C\[C@H]1CCCN1C. The Morgan fingerprint density at radius 3 is 2.59 bits per heavy atom. The van der Waals surface area contributed by atoms with Crippen molar-refractivity contribution in [2.45, 2.75) is 25.8 Å². The molecule has 1 aliphatic heterocycles. The van der Waals surface area contributed by atoms with Crippen LogP contribution in [0.1, 0.15) is 18.4 Å². The van der Waals surface area contributed by atoms with Crippen molar-refractivity contribution in [1.29, 1.82) is 0 Å². The first-order valence-corrected chi connectivity index (χ1v) is 13.8. The zero-order chi connectivity index (χ0) is 30.8. The van der Waals surface area contributed by atoms with E-state index in [2.05, 4.69) is 35.7 Å². The van der Waals surface area contributed by atoms with Crippen molar-refractivity contribution in [3.8, 4) is 23.1 Å². The molecule has 4 heterocycles. The van der Waals surface area contributed by atoms with Crippen LogP contribution in [-0.2, 0) is 4.79 Å². The Morgan fingerprint density at radius 2 is 1.82 bits per heavy atom. The number of carbonyl (C=O) groups is 1. The van der Waals surface area contributed by atoms with Crippen LogP contribution in [-0.4, -0.2) is 74.2 Å². The highest BCUT2D eigenvalue weighted by molar-refractivity contribution is 6.05. The summed E-state index contributed by atoms with van der Waals surface area (Å²) < 4.78 is 33.6. The number of benzene rings is 2. The summed E-state index contributed by atoms with van der Waals surface area (Å²) >= 11 is 0. The van der Waals surface area contributed by atoms with Gasteiger partial charge in [-0.3, -0.25) is 9.69 Å². The predicted molar refractivity (Wildman–Crippen MR) is 161 cm³/mol. The molecular formula is C30H30FN9O4. The lowest BCUT2D eigenvalue weighted by Crippen LogP contribution is -2.24. The number of hydrogen-bond acceptors (Lipinski definition) is 11. The third kappa shape index (κ3) is 5.79. The topological polar surface area (TPSA) is 141 Å². The average Bonchev–Trinajstić information content (AvgIpc) is 3.66. The highest BCUT2D eigenvalue weighted by atomic mass is 19.1. The number of rotatable bonds is 9. The molecule has 1 amide bonds. The highest BCUT2D eigenvalue weighted by Crippen LogP contribution is 2.38. The van der Waals surface area contributed by atoms with Crippen molar-refractivity contribution in [3.63, 3.8) is 0 Å². The number of anilines is 3. The molecule has 0 saturated carbocycles. The van der Waals surface area contributed by atoms with E-state index in [9.17, 15) is 9.18 Å². The van der Waals surface area contributed by atoms with E-state index in [-0.39, 0.29) is 11.7 Å². The normalized spacial score (nSPS) is 15.5. The molecule has 0 unspecified atom stereocenters. The minimum Gasteiger partial charge on any atom is -0.494 e. The molecule has 0 aliphatic carbocycles. The number of likely N-dealkylation sites (N-methyl/N-ethyl adjacent to an activating group) is 1. The van der Waals surface area contributed by atoms with Crippen LogP contribution in [0.5, 0.6) is 23.1 Å². The van der Waals surface area contributed by atoms with Gasteiger partial charge < -0.3 is 24.8 Å². The quantitative estimate of drug-likeness (QED) is 0.225. The maximum absolute atomic E-state index is 14.9. The number of nitrogens with zero attached hydrogens (tertiary/aromatic N) is 7. The lowest BCUT2D eigenvalue weighted by molar-refractivity contribution is -0.114. The molecule has 3 aromatic heterocycles. The Hall–Kier alpha value is -5.37. The second-order valence-electron chi connectivity index (χ2n) is 10.3. The average molecular weight is 600 g/mol. The molecule has 6 rings (SSSR count). The molecule has 5 aromatic rings. The minimum atomic E-state index is -0.861. The largest absolute Gasteiger partial charge is 0.494 e. The summed E-state index contributed by atoms with van der Waals surface area (Å²) in [5, 5.41) is 10.5. The van der Waals surface area contributed by atoms with E-state index in [0.717, 1.165) is 24.9 Å². The third-order valence-corrected chi connectivity index (χ3v) is 7.45. The van der Waals surface area contributed by atoms with Crippen molar-refractivity contribution in [1.82, 2.24) is 34.4 Å². The molecule has 0 bridgehead atoms. The first-order valence-electron chi connectivity index (χ1n) is 13.8. The fourth-order valence-corrected chi connectivity index (χ4v) is 5.08. The zero-order valence-electron chi connectivity index (χ0n) is 24.5. The lowest BCUT2D eigenvalue weighted by Gasteiger charge is -2.17. The van der Waals surface area contributed by atoms with E-state index in [0.29, 0.717) is 51.2 Å². The summed E-state index contributed by atoms with van der Waals surface area (Å²) in [5.41, 5.74) is 2.82. The van der Waals surface area contributed by atoms with E-state index in [1.165, 1.54) is 36.7 Å². The summed E-state index contributed by atoms with van der Waals surface area (Å²) in [7, 11) is 4.92. The number of nitrogens with one attached hydrogen (secondary N) is 2. The van der Waals surface area contributed by atoms with Crippen molar-refractivity contribution in [2.24, 2.45) is 0 Å². The zero-order valence-corrected chi connectivity index (χ0v) is 24.5. The van der Waals surface area contributed by atoms with Gasteiger partial charge >= 0.3 is 0 Å². The smallest absolute Gasteiger partial charge is 0.284 e. The molecule has 2 aromatic carbocycles. The minimum absolute atomic E-state index is 0.118. The number of ether oxygens (including phenoxy) is 3. The van der Waals surface area contributed by atoms with Crippen LogP contribution < -0.4 is 24.8 Å². The molecule has 0 spiro atoms. The third-order valence-electron chi connectivity index (χ3n) is 7.45. The number of hydrogen-bond donors (Lipinski definition) is 2. The fourth-order valence-electron chi connectivity index (χ4n) is 5.08. The molecule has 44 heavy (non-hydrogen) atoms. The van der Waals surface area contributed by atoms with Gasteiger partial charge in [0.05, 0.1) is 31.1 Å². The molecule has 2 N–H and O–H groups in total. The van der Waals surface area contributed by atoms with Crippen molar-refractivity contribution in [3.05, 3.63) is 66.8 Å². The Bertz CT molecular complexity index is 1890. The number of fused-ring (bicyclic) bond motifs is 2. The van der Waals surface area contributed by atoms with Gasteiger partial charge in [-0.1, -0.05) is 0 Å². The molecule has 1 atom stereocenters. The summed E-state index contributed by atoms with van der Waals surface area (Å²) in [4.78, 5) is 32.0. The van der Waals surface area contributed by atoms with E-state index in [4.69, 9.17) is 14.2 Å². The Morgan fingerprint density at radius 1 is 1.00 bits per heavy atom. The molecule has 226 valence electrons. The van der Waals surface area contributed by atoms with Crippen LogP contribution in [0.2, 0.25) is 0 Å². The molecule has 1 fully saturated rings. The first-order chi connectivity index (χ1) is 21.3. The summed E-state index contributed by atoms with van der Waals surface area (Å²) in [6.45, 7) is 2.75. The van der Waals surface area contributed by atoms with Gasteiger partial charge in [0.1, 0.15) is 42.0 Å². The number of carbonyl (C=O) groups excluding carboxylic acids is 1. The van der Waals surface area contributed by atoms with Gasteiger partial charge in [-0.05, 0) is 57.1 Å². The second kappa shape index (κ2) is 12.1. The number of likely N-dealkylation sites (tertiary alicyclic amines) is 1. The Labute approximate surface area is 251 Å². The van der Waals surface area contributed by atoms with Crippen molar-refractivity contribution >= 4 is 39.6 Å². The van der Waals surface area contributed by atoms with Crippen LogP contribution in [0.15, 0.2) is 61.2 Å². The van der Waals surface area contributed by atoms with Gasteiger partial charge in [0, 0.05) is 29.6 Å². The molecule has 14 heteroatoms. The Balaban J connectivity index is 1.28. The van der Waals surface area contributed by atoms with Crippen LogP contribution in [0.3, 0.4) is 0 Å². The van der Waals surface area contributed by atoms with E-state index < -0.39 is 11.7 Å². The van der Waals surface area contributed by atoms with Crippen molar-refractivity contribution < 1.29 is 23.4 Å². The van der Waals surface area contributed by atoms with Crippen LogP contribution in [0.4, 0.5) is 21.6 Å². The number of aryl methyl sites for hydroxylation is 1. The highest BCUT2D eigenvalue weighted by Gasteiger charge is 2.22. The van der Waals surface area contributed by atoms with Crippen LogP contribution in [0, 0.1) is 6.92 Å². The summed E-state index contributed by atoms with van der Waals surface area (Å²) in [6.07, 6.45) is 7.48. The number of halogens is 1. The lowest BCUT2D eigenvalue weighted by atomic mass is 10.1. The molecule has 1 saturated heterocycles. The van der Waals surface area contributed by atoms with E-state index in [1.807, 2.05) is 24.9 Å². The fraction of sp³-hybridized carbons (Fsp3) is 0.267. The van der Waals surface area contributed by atoms with Crippen LogP contribution in [0.25, 0.3) is 16.6 Å². The van der Waals surface area contributed by atoms with Crippen LogP contribution >= 0.6 is 0 Å². The van der Waals surface area contributed by atoms with E-state index >= 15 is 0 Å². The molecule has 0 radical (unpaired) electrons. The molecular weight excluding hydrogens is 569 g/mol. The number of methoxy groups -OCH3 is 2. The standard InChI is InChI=1S/C30H30FN9O4/c1-17-8-22(26(43-4)12-24(17)44-28-13-27-33-15-36-40(27)16-35-28)37-29-19-10-23(25(42-3)11-21(19)32-14-34-29)38-30(41)20(31)9-18-6-5-7-39(18)2/h8-16,18H,5-7H2,1-4H3,(H,38,41)(H,32,34,37)/b20-9+/t18-/m1/s1. The van der Waals surface area contributed by atoms with Gasteiger partial charge in [0.15, 0.2) is 11.5 Å². The second-order valence-corrected chi connectivity index (χ2v) is 10.3. The van der Waals surface area contributed by atoms with Gasteiger partial charge in [-0.25, -0.2) is 28.8 Å². The summed E-state index contributed by atoms with van der Waals surface area (Å²) in [5.74, 6) is 0.406. The molecule has 1 aliphatic rings. The maximum atomic E-state index is 14.9. The van der Waals surface area contributed by atoms with E-state index in [1.54, 1.807) is 31.4 Å². The Kier molecular flexibility index (Phi) is 7.89. The first kappa shape index (κ1) is 28.7. The number of aromatic nitrogens is 6. The van der Waals surface area contributed by atoms with Gasteiger partial charge in [0.2, 0.25) is 5.88 Å². The monoisotopic (exact) mass is 599 g/mol. The van der Waals surface area contributed by atoms with Gasteiger partial charge in [-0.2, -0.15) is 5.10 Å². The molecule has 13 nitrogen and oxygen atoms in total. The summed E-state index contributed by atoms with van der Waals surface area (Å²) in [6, 6.07) is 8.45. The predicted octanol–water partition coefficient (Wildman–Crippen LogP) is 4.82. The van der Waals surface area contributed by atoms with Gasteiger partial charge in [0.25, 0.3) is 5.91 Å². The maximum Gasteiger partial charge on any atom is 0.284 e. The van der Waals surface area contributed by atoms with Gasteiger partial charge in [-0.15, -0.1) is 0 Å². The van der Waals surface area contributed by atoms with Crippen molar-refractivity contribution in [2.75, 3.05) is 38.4 Å².